The van der Waals surface area contributed by atoms with Crippen LogP contribution in [0.1, 0.15) is 36.1 Å². The van der Waals surface area contributed by atoms with Crippen LogP contribution >= 0.6 is 11.3 Å². The highest BCUT2D eigenvalue weighted by molar-refractivity contribution is 7.13. The van der Waals surface area contributed by atoms with Crippen LogP contribution in [0.15, 0.2) is 34.9 Å². The molecule has 1 aromatic carbocycles. The number of oxazole rings is 1. The fourth-order valence-corrected chi connectivity index (χ4v) is 3.64. The van der Waals surface area contributed by atoms with E-state index < -0.39 is 18.8 Å². The summed E-state index contributed by atoms with van der Waals surface area (Å²) in [5.41, 5.74) is 1.45. The van der Waals surface area contributed by atoms with Crippen LogP contribution in [0.5, 0.6) is 5.19 Å². The molecule has 1 N–H and O–H groups in total. The fraction of sp³-hybridized carbons (Fsp3) is 0.389. The predicted octanol–water partition coefficient (Wildman–Crippen LogP) is 4.21. The number of para-hydroxylation sites is 2. The van der Waals surface area contributed by atoms with Gasteiger partial charge in [-0.25, -0.2) is 9.97 Å². The van der Waals surface area contributed by atoms with Gasteiger partial charge in [-0.05, 0) is 25.5 Å². The number of fused-ring (bicyclic) bond motifs is 1. The molecular weight excluding hydrogens is 395 g/mol. The normalized spacial score (nSPS) is 20.1. The average Bonchev–Trinajstić information content (AvgIpc) is 3.11. The van der Waals surface area contributed by atoms with Crippen LogP contribution in [-0.2, 0) is 4.79 Å². The van der Waals surface area contributed by atoms with Crippen LogP contribution in [0.2, 0.25) is 0 Å². The molecule has 3 aromatic rings. The lowest BCUT2D eigenvalue weighted by molar-refractivity contribution is -0.153. The highest BCUT2D eigenvalue weighted by atomic mass is 32.1. The van der Waals surface area contributed by atoms with E-state index in [1.54, 1.807) is 6.92 Å². The fourth-order valence-electron chi connectivity index (χ4n) is 2.88. The summed E-state index contributed by atoms with van der Waals surface area (Å²) in [5, 5.41) is 2.78. The van der Waals surface area contributed by atoms with Crippen LogP contribution in [0, 0.1) is 5.92 Å². The summed E-state index contributed by atoms with van der Waals surface area (Å²) >= 11 is 0.977. The second kappa shape index (κ2) is 7.08. The number of rotatable bonds is 6. The molecule has 1 aliphatic carbocycles. The van der Waals surface area contributed by atoms with E-state index in [0.29, 0.717) is 22.8 Å². The van der Waals surface area contributed by atoms with E-state index >= 15 is 0 Å². The molecule has 148 valence electrons. The largest absolute Gasteiger partial charge is 0.460 e. The summed E-state index contributed by atoms with van der Waals surface area (Å²) in [6.45, 7) is 0.352. The molecule has 0 radical (unpaired) electrons. The smallest absolute Gasteiger partial charge is 0.422 e. The van der Waals surface area contributed by atoms with Crippen LogP contribution in [0.4, 0.5) is 13.2 Å². The number of carbonyl (C=O) groups is 1. The van der Waals surface area contributed by atoms with Crippen molar-refractivity contribution in [2.75, 3.05) is 6.61 Å². The van der Waals surface area contributed by atoms with Crippen molar-refractivity contribution in [1.29, 1.82) is 0 Å². The van der Waals surface area contributed by atoms with E-state index in [4.69, 9.17) is 4.42 Å². The molecule has 1 amide bonds. The first kappa shape index (κ1) is 18.7. The van der Waals surface area contributed by atoms with Gasteiger partial charge in [0, 0.05) is 12.1 Å². The SMILES string of the molecule is C[C@@H](NC(=O)[C@H]1C[C@@H]1c1nc2ccccc2o1)c1cnc(OCC(F)(F)F)s1. The Labute approximate surface area is 161 Å². The molecule has 0 saturated heterocycles. The molecule has 0 bridgehead atoms. The van der Waals surface area contributed by atoms with Crippen molar-refractivity contribution in [3.63, 3.8) is 0 Å². The van der Waals surface area contributed by atoms with E-state index in [1.807, 2.05) is 24.3 Å². The Kier molecular flexibility index (Phi) is 4.74. The molecule has 1 fully saturated rings. The van der Waals surface area contributed by atoms with Crippen LogP contribution in [-0.4, -0.2) is 28.7 Å². The topological polar surface area (TPSA) is 77.3 Å². The molecule has 28 heavy (non-hydrogen) atoms. The molecule has 4 rings (SSSR count). The van der Waals surface area contributed by atoms with Gasteiger partial charge in [0.25, 0.3) is 5.19 Å². The van der Waals surface area contributed by atoms with Gasteiger partial charge in [0.2, 0.25) is 5.91 Å². The number of amides is 1. The number of nitrogens with zero attached hydrogens (tertiary/aromatic N) is 2. The summed E-state index contributed by atoms with van der Waals surface area (Å²) in [6, 6.07) is 7.02. The third-order valence-electron chi connectivity index (χ3n) is 4.40. The van der Waals surface area contributed by atoms with Gasteiger partial charge in [-0.15, -0.1) is 0 Å². The van der Waals surface area contributed by atoms with Gasteiger partial charge in [-0.3, -0.25) is 4.79 Å². The Hall–Kier alpha value is -2.62. The molecule has 2 heterocycles. The number of halogens is 3. The summed E-state index contributed by atoms with van der Waals surface area (Å²) in [6.07, 6.45) is -2.36. The Morgan fingerprint density at radius 2 is 2.21 bits per heavy atom. The molecule has 1 saturated carbocycles. The van der Waals surface area contributed by atoms with Gasteiger partial charge in [-0.2, -0.15) is 13.2 Å². The molecule has 6 nitrogen and oxygen atoms in total. The van der Waals surface area contributed by atoms with Gasteiger partial charge < -0.3 is 14.5 Å². The second-order valence-electron chi connectivity index (χ2n) is 6.63. The zero-order valence-electron chi connectivity index (χ0n) is 14.7. The van der Waals surface area contributed by atoms with E-state index in [1.165, 1.54) is 6.20 Å². The summed E-state index contributed by atoms with van der Waals surface area (Å²) < 4.78 is 46.9. The lowest BCUT2D eigenvalue weighted by atomic mass is 10.2. The van der Waals surface area contributed by atoms with Gasteiger partial charge >= 0.3 is 6.18 Å². The maximum Gasteiger partial charge on any atom is 0.422 e. The van der Waals surface area contributed by atoms with Crippen LogP contribution in [0.3, 0.4) is 0 Å². The maximum absolute atomic E-state index is 12.5. The molecule has 10 heteroatoms. The monoisotopic (exact) mass is 411 g/mol. The van der Waals surface area contributed by atoms with Crippen molar-refractivity contribution >= 4 is 28.3 Å². The van der Waals surface area contributed by atoms with Gasteiger partial charge in [0.1, 0.15) is 5.52 Å². The number of hydrogen-bond donors (Lipinski definition) is 1. The molecule has 0 unspecified atom stereocenters. The molecule has 0 spiro atoms. The van der Waals surface area contributed by atoms with E-state index in [2.05, 4.69) is 20.0 Å². The van der Waals surface area contributed by atoms with Gasteiger partial charge in [0.05, 0.1) is 16.8 Å². The Bertz CT molecular complexity index is 968. The third-order valence-corrected chi connectivity index (χ3v) is 5.49. The average molecular weight is 411 g/mol. The number of thiazole rings is 1. The Balaban J connectivity index is 1.33. The van der Waals surface area contributed by atoms with E-state index in [9.17, 15) is 18.0 Å². The van der Waals surface area contributed by atoms with E-state index in [-0.39, 0.29) is 22.9 Å². The Morgan fingerprint density at radius 3 is 2.96 bits per heavy atom. The van der Waals surface area contributed by atoms with Crippen LogP contribution in [0.25, 0.3) is 11.1 Å². The summed E-state index contributed by atoms with van der Waals surface area (Å²) in [4.78, 5) is 21.3. The van der Waals surface area contributed by atoms with Crippen molar-refractivity contribution < 1.29 is 27.1 Å². The number of alkyl halides is 3. The molecule has 2 aromatic heterocycles. The standard InChI is InChI=1S/C18H16F3N3O3S/c1-9(14-7-22-17(28-14)26-8-18(19,20)21)23-15(25)10-6-11(10)16-24-12-4-2-3-5-13(12)27-16/h2-5,7,9-11H,6,8H2,1H3,(H,23,25)/t9-,10+,11+/m1/s1. The quantitative estimate of drug-likeness (QED) is 0.658. The lowest BCUT2D eigenvalue weighted by Crippen LogP contribution is -2.28. The number of benzene rings is 1. The number of hydrogen-bond acceptors (Lipinski definition) is 6. The second-order valence-corrected chi connectivity index (χ2v) is 7.66. The van der Waals surface area contributed by atoms with Crippen molar-refractivity contribution in [3.8, 4) is 5.19 Å². The lowest BCUT2D eigenvalue weighted by Gasteiger charge is -2.11. The highest BCUT2D eigenvalue weighted by Gasteiger charge is 2.47. The van der Waals surface area contributed by atoms with Crippen molar-refractivity contribution in [2.45, 2.75) is 31.5 Å². The van der Waals surface area contributed by atoms with Crippen molar-refractivity contribution in [2.24, 2.45) is 5.92 Å². The zero-order chi connectivity index (χ0) is 19.9. The third kappa shape index (κ3) is 4.11. The van der Waals surface area contributed by atoms with Gasteiger partial charge in [0.15, 0.2) is 18.1 Å². The molecular formula is C18H16F3N3O3S. The molecule has 0 aliphatic heterocycles. The number of carbonyl (C=O) groups excluding carboxylic acids is 1. The highest BCUT2D eigenvalue weighted by Crippen LogP contribution is 2.48. The number of aromatic nitrogens is 2. The minimum Gasteiger partial charge on any atom is -0.460 e. The van der Waals surface area contributed by atoms with Gasteiger partial charge in [-0.1, -0.05) is 23.5 Å². The zero-order valence-corrected chi connectivity index (χ0v) is 15.5. The maximum atomic E-state index is 12.5. The predicted molar refractivity (Wildman–Crippen MR) is 95.1 cm³/mol. The minimum atomic E-state index is -4.42. The number of ether oxygens (including phenoxy) is 1. The summed E-state index contributed by atoms with van der Waals surface area (Å²) in [5.74, 6) is 0.108. The summed E-state index contributed by atoms with van der Waals surface area (Å²) in [7, 11) is 0. The first-order valence-corrected chi connectivity index (χ1v) is 9.43. The van der Waals surface area contributed by atoms with E-state index in [0.717, 1.165) is 16.9 Å². The first-order valence-electron chi connectivity index (χ1n) is 8.61. The number of nitrogens with one attached hydrogen (secondary N) is 1. The van der Waals surface area contributed by atoms with Crippen molar-refractivity contribution in [1.82, 2.24) is 15.3 Å². The Morgan fingerprint density at radius 1 is 1.43 bits per heavy atom. The first-order chi connectivity index (χ1) is 13.3. The minimum absolute atomic E-state index is 0.0632. The van der Waals surface area contributed by atoms with Crippen molar-refractivity contribution in [3.05, 3.63) is 41.2 Å². The molecule has 1 aliphatic rings. The molecule has 3 atom stereocenters. The van der Waals surface area contributed by atoms with Crippen LogP contribution < -0.4 is 10.1 Å².